The number of sulfonamides is 1. The van der Waals surface area contributed by atoms with Gasteiger partial charge in [-0.3, -0.25) is 4.79 Å². The van der Waals surface area contributed by atoms with Gasteiger partial charge in [0.2, 0.25) is 10.0 Å². The molecule has 1 saturated carbocycles. The first kappa shape index (κ1) is 15.2. The number of carboxylic acids is 1. The first-order chi connectivity index (χ1) is 9.32. The van der Waals surface area contributed by atoms with Crippen molar-refractivity contribution in [2.45, 2.75) is 30.2 Å². The highest BCUT2D eigenvalue weighted by Crippen LogP contribution is 2.34. The van der Waals surface area contributed by atoms with E-state index in [-0.39, 0.29) is 28.9 Å². The Kier molecular flexibility index (Phi) is 4.31. The minimum Gasteiger partial charge on any atom is -0.481 e. The van der Waals surface area contributed by atoms with E-state index in [0.717, 1.165) is 16.4 Å². The van der Waals surface area contributed by atoms with Crippen LogP contribution in [0.2, 0.25) is 5.02 Å². The van der Waals surface area contributed by atoms with E-state index < -0.39 is 21.8 Å². The lowest BCUT2D eigenvalue weighted by atomic mass is 10.3. The van der Waals surface area contributed by atoms with Crippen molar-refractivity contribution in [1.29, 1.82) is 0 Å². The Morgan fingerprint density at radius 1 is 1.45 bits per heavy atom. The van der Waals surface area contributed by atoms with Gasteiger partial charge in [-0.15, -0.1) is 0 Å². The fourth-order valence-corrected chi connectivity index (χ4v) is 4.04. The molecule has 2 rings (SSSR count). The molecule has 1 N–H and O–H groups in total. The number of carbonyl (C=O) groups is 1. The van der Waals surface area contributed by atoms with Gasteiger partial charge in [0.05, 0.1) is 11.4 Å². The third-order valence-electron chi connectivity index (χ3n) is 2.98. The van der Waals surface area contributed by atoms with E-state index in [1.807, 2.05) is 0 Å². The molecule has 1 aromatic carbocycles. The van der Waals surface area contributed by atoms with E-state index in [1.54, 1.807) is 0 Å². The maximum Gasteiger partial charge on any atom is 0.304 e. The van der Waals surface area contributed by atoms with E-state index in [1.165, 1.54) is 6.07 Å². The zero-order valence-corrected chi connectivity index (χ0v) is 12.0. The minimum atomic E-state index is -3.99. The summed E-state index contributed by atoms with van der Waals surface area (Å²) in [7, 11) is -3.99. The summed E-state index contributed by atoms with van der Waals surface area (Å²) in [6, 6.07) is 2.87. The second-order valence-electron chi connectivity index (χ2n) is 4.57. The van der Waals surface area contributed by atoms with Crippen molar-refractivity contribution in [2.75, 3.05) is 6.54 Å². The molecule has 0 radical (unpaired) electrons. The predicted octanol–water partition coefficient (Wildman–Crippen LogP) is 2.11. The lowest BCUT2D eigenvalue weighted by Gasteiger charge is -2.21. The number of nitrogens with zero attached hydrogens (tertiary/aromatic N) is 1. The van der Waals surface area contributed by atoms with Crippen LogP contribution >= 0.6 is 11.6 Å². The molecule has 0 heterocycles. The maximum absolute atomic E-state index is 13.2. The standard InChI is InChI=1S/C12H13ClFNO4S/c13-10-4-1-8(14)7-11(10)20(18,19)15(9-2-3-9)6-5-12(16)17/h1,4,7,9H,2-3,5-6H2,(H,16,17). The Balaban J connectivity index is 2.35. The van der Waals surface area contributed by atoms with Crippen LogP contribution in [-0.4, -0.2) is 36.4 Å². The van der Waals surface area contributed by atoms with Gasteiger partial charge in [-0.05, 0) is 31.0 Å². The molecule has 1 aromatic rings. The summed E-state index contributed by atoms with van der Waals surface area (Å²) in [4.78, 5) is 10.3. The van der Waals surface area contributed by atoms with Gasteiger partial charge in [0.25, 0.3) is 0 Å². The summed E-state index contributed by atoms with van der Waals surface area (Å²) in [5.74, 6) is -1.79. The predicted molar refractivity (Wildman–Crippen MR) is 70.6 cm³/mol. The van der Waals surface area contributed by atoms with Crippen molar-refractivity contribution < 1.29 is 22.7 Å². The van der Waals surface area contributed by atoms with Crippen molar-refractivity contribution in [1.82, 2.24) is 4.31 Å². The Bertz CT molecular complexity index is 630. The summed E-state index contributed by atoms with van der Waals surface area (Å²) in [6.07, 6.45) is 1.04. The SMILES string of the molecule is O=C(O)CCN(C1CC1)S(=O)(=O)c1cc(F)ccc1Cl. The molecule has 20 heavy (non-hydrogen) atoms. The monoisotopic (exact) mass is 321 g/mol. The summed E-state index contributed by atoms with van der Waals surface area (Å²) in [5.41, 5.74) is 0. The van der Waals surface area contributed by atoms with E-state index >= 15 is 0 Å². The van der Waals surface area contributed by atoms with Crippen LogP contribution < -0.4 is 0 Å². The third kappa shape index (κ3) is 3.28. The molecule has 0 amide bonds. The van der Waals surface area contributed by atoms with Gasteiger partial charge in [-0.25, -0.2) is 12.8 Å². The van der Waals surface area contributed by atoms with Crippen LogP contribution in [0.15, 0.2) is 23.1 Å². The average molecular weight is 322 g/mol. The zero-order chi connectivity index (χ0) is 14.9. The Morgan fingerprint density at radius 3 is 2.65 bits per heavy atom. The summed E-state index contributed by atoms with van der Waals surface area (Å²) in [5, 5.41) is 8.62. The van der Waals surface area contributed by atoms with Gasteiger partial charge in [0.1, 0.15) is 10.7 Å². The summed E-state index contributed by atoms with van der Waals surface area (Å²) < 4.78 is 39.3. The molecule has 5 nitrogen and oxygen atoms in total. The highest BCUT2D eigenvalue weighted by molar-refractivity contribution is 7.89. The van der Waals surface area contributed by atoms with E-state index in [4.69, 9.17) is 16.7 Å². The molecule has 110 valence electrons. The second kappa shape index (κ2) is 5.67. The van der Waals surface area contributed by atoms with Crippen molar-refractivity contribution in [2.24, 2.45) is 0 Å². The Labute approximate surface area is 121 Å². The molecule has 0 spiro atoms. The number of aliphatic carboxylic acids is 1. The normalized spacial score (nSPS) is 15.6. The number of carboxylic acid groups (broad SMARTS) is 1. The molecule has 8 heteroatoms. The van der Waals surface area contributed by atoms with Gasteiger partial charge in [0, 0.05) is 12.6 Å². The van der Waals surface area contributed by atoms with Crippen LogP contribution in [0, 0.1) is 5.82 Å². The first-order valence-electron chi connectivity index (χ1n) is 6.01. The summed E-state index contributed by atoms with van der Waals surface area (Å²) in [6.45, 7) is -0.144. The molecule has 1 aliphatic carbocycles. The zero-order valence-electron chi connectivity index (χ0n) is 10.4. The first-order valence-corrected chi connectivity index (χ1v) is 7.83. The van der Waals surface area contributed by atoms with Crippen LogP contribution in [0.3, 0.4) is 0 Å². The van der Waals surface area contributed by atoms with E-state index in [2.05, 4.69) is 0 Å². The van der Waals surface area contributed by atoms with Crippen LogP contribution in [-0.2, 0) is 14.8 Å². The average Bonchev–Trinajstić information content (AvgIpc) is 3.16. The van der Waals surface area contributed by atoms with Crippen molar-refractivity contribution in [3.8, 4) is 0 Å². The van der Waals surface area contributed by atoms with Gasteiger partial charge in [-0.1, -0.05) is 11.6 Å². The summed E-state index contributed by atoms with van der Waals surface area (Å²) >= 11 is 5.82. The van der Waals surface area contributed by atoms with Crippen LogP contribution in [0.1, 0.15) is 19.3 Å². The molecule has 1 aliphatic rings. The van der Waals surface area contributed by atoms with Crippen molar-refractivity contribution in [3.05, 3.63) is 29.0 Å². The number of benzene rings is 1. The van der Waals surface area contributed by atoms with Gasteiger partial charge in [0.15, 0.2) is 0 Å². The molecule has 0 aliphatic heterocycles. The van der Waals surface area contributed by atoms with Gasteiger partial charge >= 0.3 is 5.97 Å². The molecule has 0 unspecified atom stereocenters. The number of hydrogen-bond donors (Lipinski definition) is 1. The molecular weight excluding hydrogens is 309 g/mol. The number of halogens is 2. The Hall–Kier alpha value is -1.18. The molecule has 0 bridgehead atoms. The Morgan fingerprint density at radius 2 is 2.10 bits per heavy atom. The van der Waals surface area contributed by atoms with Crippen LogP contribution in [0.4, 0.5) is 4.39 Å². The van der Waals surface area contributed by atoms with Crippen LogP contribution in [0.5, 0.6) is 0 Å². The molecule has 0 aromatic heterocycles. The van der Waals surface area contributed by atoms with Gasteiger partial charge in [-0.2, -0.15) is 4.31 Å². The van der Waals surface area contributed by atoms with Crippen molar-refractivity contribution in [3.63, 3.8) is 0 Å². The lowest BCUT2D eigenvalue weighted by Crippen LogP contribution is -2.35. The largest absolute Gasteiger partial charge is 0.481 e. The fraction of sp³-hybridized carbons (Fsp3) is 0.417. The third-order valence-corrected chi connectivity index (χ3v) is 5.41. The number of hydrogen-bond acceptors (Lipinski definition) is 3. The quantitative estimate of drug-likeness (QED) is 0.870. The lowest BCUT2D eigenvalue weighted by molar-refractivity contribution is -0.137. The van der Waals surface area contributed by atoms with Crippen molar-refractivity contribution >= 4 is 27.6 Å². The molecule has 0 atom stereocenters. The maximum atomic E-state index is 13.2. The van der Waals surface area contributed by atoms with E-state index in [0.29, 0.717) is 12.8 Å². The molecule has 1 fully saturated rings. The second-order valence-corrected chi connectivity index (χ2v) is 6.83. The highest BCUT2D eigenvalue weighted by atomic mass is 35.5. The molecule has 0 saturated heterocycles. The number of rotatable bonds is 6. The van der Waals surface area contributed by atoms with Gasteiger partial charge < -0.3 is 5.11 Å². The van der Waals surface area contributed by atoms with Crippen LogP contribution in [0.25, 0.3) is 0 Å². The fourth-order valence-electron chi connectivity index (χ4n) is 1.87. The molecular formula is C12H13ClFNO4S. The minimum absolute atomic E-state index is 0.0765. The van der Waals surface area contributed by atoms with E-state index in [9.17, 15) is 17.6 Å². The smallest absolute Gasteiger partial charge is 0.304 e. The topological polar surface area (TPSA) is 74.7 Å². The highest BCUT2D eigenvalue weighted by Gasteiger charge is 2.39.